The van der Waals surface area contributed by atoms with Gasteiger partial charge in [0.25, 0.3) is 0 Å². The van der Waals surface area contributed by atoms with Crippen LogP contribution in [0.3, 0.4) is 0 Å². The van der Waals surface area contributed by atoms with Crippen LogP contribution in [-0.2, 0) is 14.8 Å². The summed E-state index contributed by atoms with van der Waals surface area (Å²) >= 11 is 5.79. The third kappa shape index (κ3) is 4.19. The zero-order valence-corrected chi connectivity index (χ0v) is 14.0. The molecule has 0 unspecified atom stereocenters. The van der Waals surface area contributed by atoms with Crippen LogP contribution in [-0.4, -0.2) is 62.8 Å². The van der Waals surface area contributed by atoms with Crippen molar-refractivity contribution in [2.24, 2.45) is 0 Å². The Balaban J connectivity index is 1.96. The van der Waals surface area contributed by atoms with Gasteiger partial charge in [-0.15, -0.1) is 0 Å². The maximum absolute atomic E-state index is 12.5. The molecule has 0 aromatic heterocycles. The summed E-state index contributed by atoms with van der Waals surface area (Å²) in [5.74, 6) is -0.0310. The van der Waals surface area contributed by atoms with E-state index in [2.05, 4.69) is 5.32 Å². The first-order chi connectivity index (χ1) is 10.4. The van der Waals surface area contributed by atoms with Gasteiger partial charge in [0.1, 0.15) is 0 Å². The second kappa shape index (κ2) is 7.41. The summed E-state index contributed by atoms with van der Waals surface area (Å²) in [6.07, 6.45) is 0. The van der Waals surface area contributed by atoms with E-state index in [9.17, 15) is 13.2 Å². The Morgan fingerprint density at radius 1 is 1.18 bits per heavy atom. The quantitative estimate of drug-likeness (QED) is 0.856. The lowest BCUT2D eigenvalue weighted by atomic mass is 10.3. The molecule has 1 fully saturated rings. The van der Waals surface area contributed by atoms with E-state index in [0.29, 0.717) is 44.3 Å². The number of carbonyl (C=O) groups is 1. The summed E-state index contributed by atoms with van der Waals surface area (Å²) in [6, 6.07) is 6.16. The molecule has 1 heterocycles. The molecule has 1 N–H and O–H groups in total. The van der Waals surface area contributed by atoms with Gasteiger partial charge in [-0.1, -0.05) is 11.6 Å². The summed E-state index contributed by atoms with van der Waals surface area (Å²) in [5, 5.41) is 3.25. The highest BCUT2D eigenvalue weighted by molar-refractivity contribution is 7.89. The monoisotopic (exact) mass is 345 g/mol. The molecule has 2 rings (SSSR count). The first-order valence-electron chi connectivity index (χ1n) is 7.18. The van der Waals surface area contributed by atoms with Crippen molar-refractivity contribution >= 4 is 27.5 Å². The van der Waals surface area contributed by atoms with Gasteiger partial charge in [0, 0.05) is 37.7 Å². The van der Waals surface area contributed by atoms with Crippen LogP contribution in [0.25, 0.3) is 0 Å². The number of amides is 1. The fourth-order valence-electron chi connectivity index (χ4n) is 2.34. The van der Waals surface area contributed by atoms with Gasteiger partial charge < -0.3 is 5.32 Å². The number of hydrogen-bond donors (Lipinski definition) is 1. The molecule has 0 radical (unpaired) electrons. The second-order valence-corrected chi connectivity index (χ2v) is 7.46. The molecule has 122 valence electrons. The van der Waals surface area contributed by atoms with E-state index in [1.165, 1.54) is 16.4 Å². The van der Waals surface area contributed by atoms with Crippen molar-refractivity contribution in [2.75, 3.05) is 39.3 Å². The predicted octanol–water partition coefficient (Wildman–Crippen LogP) is 0.782. The van der Waals surface area contributed by atoms with Crippen molar-refractivity contribution in [3.05, 3.63) is 29.3 Å². The van der Waals surface area contributed by atoms with Gasteiger partial charge >= 0.3 is 0 Å². The molecular formula is C14H20ClN3O3S. The lowest BCUT2D eigenvalue weighted by molar-refractivity contribution is -0.122. The fourth-order valence-corrected chi connectivity index (χ4v) is 3.89. The highest BCUT2D eigenvalue weighted by atomic mass is 35.5. The van der Waals surface area contributed by atoms with Crippen LogP contribution in [0.15, 0.2) is 29.2 Å². The van der Waals surface area contributed by atoms with Crippen LogP contribution in [0.5, 0.6) is 0 Å². The molecule has 1 saturated heterocycles. The number of hydrogen-bond acceptors (Lipinski definition) is 4. The summed E-state index contributed by atoms with van der Waals surface area (Å²) in [4.78, 5) is 13.7. The highest BCUT2D eigenvalue weighted by Crippen LogP contribution is 2.19. The van der Waals surface area contributed by atoms with E-state index < -0.39 is 10.0 Å². The molecular weight excluding hydrogens is 326 g/mol. The molecule has 0 aliphatic carbocycles. The molecule has 1 aromatic rings. The second-order valence-electron chi connectivity index (χ2n) is 5.09. The number of benzene rings is 1. The maximum atomic E-state index is 12.5. The van der Waals surface area contributed by atoms with Gasteiger partial charge in [0.15, 0.2) is 0 Å². The molecule has 1 aromatic carbocycles. The Kier molecular flexibility index (Phi) is 5.80. The van der Waals surface area contributed by atoms with Gasteiger partial charge in [-0.3, -0.25) is 9.69 Å². The third-order valence-corrected chi connectivity index (χ3v) is 5.69. The first kappa shape index (κ1) is 17.2. The Morgan fingerprint density at radius 2 is 1.77 bits per heavy atom. The van der Waals surface area contributed by atoms with E-state index in [1.54, 1.807) is 12.1 Å². The smallest absolute Gasteiger partial charge is 0.243 e. The van der Waals surface area contributed by atoms with Gasteiger partial charge in [-0.25, -0.2) is 8.42 Å². The SMILES string of the molecule is CCNC(=O)CN1CCN(S(=O)(=O)c2ccc(Cl)cc2)CC1. The number of sulfonamides is 1. The van der Waals surface area contributed by atoms with Crippen molar-refractivity contribution in [3.8, 4) is 0 Å². The van der Waals surface area contributed by atoms with Crippen LogP contribution in [0.2, 0.25) is 5.02 Å². The van der Waals surface area contributed by atoms with E-state index in [0.717, 1.165) is 0 Å². The average molecular weight is 346 g/mol. The molecule has 0 atom stereocenters. The van der Waals surface area contributed by atoms with Crippen LogP contribution in [0.4, 0.5) is 0 Å². The third-order valence-electron chi connectivity index (χ3n) is 3.52. The summed E-state index contributed by atoms with van der Waals surface area (Å²) in [7, 11) is -3.49. The van der Waals surface area contributed by atoms with E-state index >= 15 is 0 Å². The molecule has 1 amide bonds. The van der Waals surface area contributed by atoms with Crippen molar-refractivity contribution in [1.29, 1.82) is 0 Å². The molecule has 22 heavy (non-hydrogen) atoms. The van der Waals surface area contributed by atoms with Crippen LogP contribution in [0, 0.1) is 0 Å². The summed E-state index contributed by atoms with van der Waals surface area (Å²) in [6.45, 7) is 4.63. The minimum absolute atomic E-state index is 0.0310. The molecule has 1 aliphatic rings. The number of likely N-dealkylation sites (N-methyl/N-ethyl adjacent to an activating group) is 1. The molecule has 1 aliphatic heterocycles. The Labute approximate surface area is 136 Å². The largest absolute Gasteiger partial charge is 0.355 e. The van der Waals surface area contributed by atoms with E-state index in [4.69, 9.17) is 11.6 Å². The van der Waals surface area contributed by atoms with Crippen molar-refractivity contribution < 1.29 is 13.2 Å². The maximum Gasteiger partial charge on any atom is 0.243 e. The minimum atomic E-state index is -3.49. The Morgan fingerprint density at radius 3 is 2.32 bits per heavy atom. The Hall–Kier alpha value is -1.15. The van der Waals surface area contributed by atoms with E-state index in [1.807, 2.05) is 11.8 Å². The number of carbonyl (C=O) groups excluding carboxylic acids is 1. The summed E-state index contributed by atoms with van der Waals surface area (Å²) in [5.41, 5.74) is 0. The zero-order chi connectivity index (χ0) is 16.2. The van der Waals surface area contributed by atoms with Gasteiger partial charge in [0.05, 0.1) is 11.4 Å². The van der Waals surface area contributed by atoms with Crippen LogP contribution >= 0.6 is 11.6 Å². The topological polar surface area (TPSA) is 69.7 Å². The predicted molar refractivity (Wildman–Crippen MR) is 85.3 cm³/mol. The van der Waals surface area contributed by atoms with Gasteiger partial charge in [-0.2, -0.15) is 4.31 Å². The van der Waals surface area contributed by atoms with Crippen LogP contribution in [0.1, 0.15) is 6.92 Å². The number of halogens is 1. The number of nitrogens with one attached hydrogen (secondary N) is 1. The summed E-state index contributed by atoms with van der Waals surface area (Å²) < 4.78 is 26.5. The minimum Gasteiger partial charge on any atom is -0.355 e. The lowest BCUT2D eigenvalue weighted by Gasteiger charge is -2.33. The number of nitrogens with zero attached hydrogens (tertiary/aromatic N) is 2. The molecule has 0 saturated carbocycles. The number of rotatable bonds is 5. The van der Waals surface area contributed by atoms with Crippen molar-refractivity contribution in [2.45, 2.75) is 11.8 Å². The molecule has 6 nitrogen and oxygen atoms in total. The molecule has 0 spiro atoms. The van der Waals surface area contributed by atoms with E-state index in [-0.39, 0.29) is 10.8 Å². The Bertz CT molecular complexity index is 611. The standard InChI is InChI=1S/C14H20ClN3O3S/c1-2-16-14(19)11-17-7-9-18(10-8-17)22(20,21)13-5-3-12(15)4-6-13/h3-6H,2,7-11H2,1H3,(H,16,19). The lowest BCUT2D eigenvalue weighted by Crippen LogP contribution is -2.51. The normalized spacial score (nSPS) is 17.4. The van der Waals surface area contributed by atoms with Crippen molar-refractivity contribution in [1.82, 2.24) is 14.5 Å². The number of piperazine rings is 1. The molecule has 0 bridgehead atoms. The average Bonchev–Trinajstić information content (AvgIpc) is 2.48. The first-order valence-corrected chi connectivity index (χ1v) is 9.00. The van der Waals surface area contributed by atoms with Crippen molar-refractivity contribution in [3.63, 3.8) is 0 Å². The highest BCUT2D eigenvalue weighted by Gasteiger charge is 2.28. The van der Waals surface area contributed by atoms with Gasteiger partial charge in [-0.05, 0) is 31.2 Å². The zero-order valence-electron chi connectivity index (χ0n) is 12.5. The fraction of sp³-hybridized carbons (Fsp3) is 0.500. The molecule has 8 heteroatoms. The van der Waals surface area contributed by atoms with Gasteiger partial charge in [0.2, 0.25) is 15.9 Å². The van der Waals surface area contributed by atoms with Crippen LogP contribution < -0.4 is 5.32 Å².